The van der Waals surface area contributed by atoms with Gasteiger partial charge in [-0.25, -0.2) is 4.98 Å². The predicted octanol–water partition coefficient (Wildman–Crippen LogP) is 2.65. The minimum Gasteiger partial charge on any atom is -0.306 e. The lowest BCUT2D eigenvalue weighted by Gasteiger charge is -2.29. The molecule has 0 bridgehead atoms. The first-order valence-electron chi connectivity index (χ1n) is 5.07. The fourth-order valence-electron chi connectivity index (χ4n) is 2.06. The van der Waals surface area contributed by atoms with E-state index in [-0.39, 0.29) is 0 Å². The predicted molar refractivity (Wildman–Crippen MR) is 61.4 cm³/mol. The van der Waals surface area contributed by atoms with E-state index >= 15 is 0 Å². The van der Waals surface area contributed by atoms with Crippen LogP contribution in [0.5, 0.6) is 0 Å². The molecule has 0 N–H and O–H groups in total. The van der Waals surface area contributed by atoms with E-state index in [1.807, 2.05) is 6.07 Å². The Kier molecular flexibility index (Phi) is 3.19. The van der Waals surface area contributed by atoms with Crippen LogP contribution in [-0.2, 0) is 0 Å². The fraction of sp³-hybridized carbons (Fsp3) is 0.545. The lowest BCUT2D eigenvalue weighted by atomic mass is 9.95. The molecule has 2 rings (SSSR count). The van der Waals surface area contributed by atoms with Crippen molar-refractivity contribution < 1.29 is 0 Å². The Morgan fingerprint density at radius 3 is 3.07 bits per heavy atom. The summed E-state index contributed by atoms with van der Waals surface area (Å²) in [4.78, 5) is 6.91. The second-order valence-corrected chi connectivity index (χ2v) is 4.80. The highest BCUT2D eigenvalue weighted by molar-refractivity contribution is 9.10. The third-order valence-electron chi connectivity index (χ3n) is 2.78. The van der Waals surface area contributed by atoms with E-state index < -0.39 is 0 Å². The minimum absolute atomic E-state index is 0.617. The number of hydrogen-bond donors (Lipinski definition) is 0. The zero-order valence-electron chi connectivity index (χ0n) is 8.41. The average Bonchev–Trinajstić information content (AvgIpc) is 2.18. The van der Waals surface area contributed by atoms with Crippen LogP contribution in [-0.4, -0.2) is 30.0 Å². The lowest BCUT2D eigenvalue weighted by molar-refractivity contribution is 0.248. The second kappa shape index (κ2) is 4.41. The van der Waals surface area contributed by atoms with Crippen LogP contribution in [0.3, 0.4) is 0 Å². The molecule has 1 atom stereocenters. The van der Waals surface area contributed by atoms with Gasteiger partial charge in [-0.15, -0.1) is 0 Å². The zero-order chi connectivity index (χ0) is 9.97. The van der Waals surface area contributed by atoms with E-state index in [9.17, 15) is 0 Å². The molecule has 3 heteroatoms. The van der Waals surface area contributed by atoms with Crippen LogP contribution in [0.25, 0.3) is 0 Å². The van der Waals surface area contributed by atoms with Crippen LogP contribution < -0.4 is 0 Å². The molecule has 0 aromatic carbocycles. The largest absolute Gasteiger partial charge is 0.306 e. The Morgan fingerprint density at radius 1 is 1.50 bits per heavy atom. The smallest absolute Gasteiger partial charge is 0.106 e. The molecule has 1 fully saturated rings. The molecule has 0 saturated carbocycles. The van der Waals surface area contributed by atoms with E-state index in [1.54, 1.807) is 0 Å². The Balaban J connectivity index is 2.14. The maximum absolute atomic E-state index is 4.52. The van der Waals surface area contributed by atoms with Gasteiger partial charge in [0.15, 0.2) is 0 Å². The molecule has 1 aliphatic rings. The summed E-state index contributed by atoms with van der Waals surface area (Å²) in [5, 5.41) is 0. The summed E-state index contributed by atoms with van der Waals surface area (Å²) in [5.74, 6) is 0.617. The topological polar surface area (TPSA) is 16.1 Å². The van der Waals surface area contributed by atoms with Gasteiger partial charge >= 0.3 is 0 Å². The third kappa shape index (κ3) is 2.34. The Hall–Kier alpha value is -0.410. The van der Waals surface area contributed by atoms with Gasteiger partial charge in [-0.05, 0) is 54.5 Å². The molecule has 1 unspecified atom stereocenters. The second-order valence-electron chi connectivity index (χ2n) is 3.99. The summed E-state index contributed by atoms with van der Waals surface area (Å²) in [6, 6.07) is 6.19. The molecule has 2 heterocycles. The van der Waals surface area contributed by atoms with E-state index in [4.69, 9.17) is 0 Å². The van der Waals surface area contributed by atoms with Crippen molar-refractivity contribution >= 4 is 15.9 Å². The molecule has 2 nitrogen and oxygen atoms in total. The third-order valence-corrected chi connectivity index (χ3v) is 3.22. The fourth-order valence-corrected chi connectivity index (χ4v) is 2.42. The van der Waals surface area contributed by atoms with Crippen molar-refractivity contribution in [2.24, 2.45) is 0 Å². The monoisotopic (exact) mass is 254 g/mol. The van der Waals surface area contributed by atoms with Crippen LogP contribution >= 0.6 is 15.9 Å². The lowest BCUT2D eigenvalue weighted by Crippen LogP contribution is -2.31. The molecule has 1 aromatic heterocycles. The normalized spacial score (nSPS) is 23.7. The van der Waals surface area contributed by atoms with Gasteiger partial charge in [-0.3, -0.25) is 0 Å². The minimum atomic E-state index is 0.617. The van der Waals surface area contributed by atoms with E-state index in [2.05, 4.69) is 45.0 Å². The number of likely N-dealkylation sites (tertiary alicyclic amines) is 1. The van der Waals surface area contributed by atoms with Gasteiger partial charge in [0, 0.05) is 18.2 Å². The molecule has 1 aromatic rings. The van der Waals surface area contributed by atoms with Crippen molar-refractivity contribution in [3.05, 3.63) is 28.5 Å². The van der Waals surface area contributed by atoms with Gasteiger partial charge in [-0.2, -0.15) is 0 Å². The van der Waals surface area contributed by atoms with Gasteiger partial charge in [0.05, 0.1) is 0 Å². The van der Waals surface area contributed by atoms with Gasteiger partial charge in [0.2, 0.25) is 0 Å². The number of nitrogens with zero attached hydrogens (tertiary/aromatic N) is 2. The first-order chi connectivity index (χ1) is 6.75. The summed E-state index contributed by atoms with van der Waals surface area (Å²) in [5.41, 5.74) is 1.23. The van der Waals surface area contributed by atoms with Gasteiger partial charge in [0.25, 0.3) is 0 Å². The summed E-state index contributed by atoms with van der Waals surface area (Å²) < 4.78 is 0.947. The van der Waals surface area contributed by atoms with Crippen LogP contribution in [0.1, 0.15) is 24.5 Å². The molecular formula is C11H15BrN2. The summed E-state index contributed by atoms with van der Waals surface area (Å²) in [6.07, 6.45) is 2.56. The van der Waals surface area contributed by atoms with Crippen LogP contribution in [0.2, 0.25) is 0 Å². The first-order valence-corrected chi connectivity index (χ1v) is 5.86. The highest BCUT2D eigenvalue weighted by Crippen LogP contribution is 2.25. The number of piperidine rings is 1. The van der Waals surface area contributed by atoms with Crippen LogP contribution in [0, 0.1) is 0 Å². The average molecular weight is 255 g/mol. The zero-order valence-corrected chi connectivity index (χ0v) is 10.00. The highest BCUT2D eigenvalue weighted by Gasteiger charge is 2.19. The van der Waals surface area contributed by atoms with Gasteiger partial charge in [-0.1, -0.05) is 6.07 Å². The molecule has 76 valence electrons. The molecule has 1 aliphatic heterocycles. The van der Waals surface area contributed by atoms with Crippen molar-refractivity contribution in [1.82, 2.24) is 9.88 Å². The summed E-state index contributed by atoms with van der Waals surface area (Å²) in [6.45, 7) is 2.37. The molecule has 1 saturated heterocycles. The molecule has 14 heavy (non-hydrogen) atoms. The van der Waals surface area contributed by atoms with E-state index in [0.717, 1.165) is 11.1 Å². The van der Waals surface area contributed by atoms with Crippen LogP contribution in [0.4, 0.5) is 0 Å². The standard InChI is InChI=1S/C11H15BrN2/c1-14-7-3-4-9(8-14)10-5-2-6-11(12)13-10/h2,5-6,9H,3-4,7-8H2,1H3. The van der Waals surface area contributed by atoms with Crippen molar-refractivity contribution in [2.45, 2.75) is 18.8 Å². The number of hydrogen-bond acceptors (Lipinski definition) is 2. The maximum atomic E-state index is 4.52. The summed E-state index contributed by atoms with van der Waals surface area (Å²) in [7, 11) is 2.18. The van der Waals surface area contributed by atoms with Gasteiger partial charge in [0.1, 0.15) is 4.60 Å². The quantitative estimate of drug-likeness (QED) is 0.717. The summed E-state index contributed by atoms with van der Waals surface area (Å²) >= 11 is 3.42. The maximum Gasteiger partial charge on any atom is 0.106 e. The highest BCUT2D eigenvalue weighted by atomic mass is 79.9. The van der Waals surface area contributed by atoms with Crippen molar-refractivity contribution in [2.75, 3.05) is 20.1 Å². The number of pyridine rings is 1. The molecule has 0 radical (unpaired) electrons. The van der Waals surface area contributed by atoms with Crippen molar-refractivity contribution in [3.63, 3.8) is 0 Å². The molecule has 0 aliphatic carbocycles. The van der Waals surface area contributed by atoms with E-state index in [0.29, 0.717) is 5.92 Å². The number of aromatic nitrogens is 1. The van der Waals surface area contributed by atoms with Crippen molar-refractivity contribution in [1.29, 1.82) is 0 Å². The SMILES string of the molecule is CN1CCCC(c2cccc(Br)n2)C1. The Morgan fingerprint density at radius 2 is 2.36 bits per heavy atom. The Bertz CT molecular complexity index is 314. The number of halogens is 1. The number of likely N-dealkylation sites (N-methyl/N-ethyl adjacent to an activating group) is 1. The van der Waals surface area contributed by atoms with Crippen LogP contribution in [0.15, 0.2) is 22.8 Å². The van der Waals surface area contributed by atoms with Crippen molar-refractivity contribution in [3.8, 4) is 0 Å². The van der Waals surface area contributed by atoms with E-state index in [1.165, 1.54) is 25.1 Å². The molecule has 0 amide bonds. The number of rotatable bonds is 1. The van der Waals surface area contributed by atoms with Gasteiger partial charge < -0.3 is 4.90 Å². The molecule has 0 spiro atoms. The Labute approximate surface area is 93.5 Å². The molecular weight excluding hydrogens is 240 g/mol. The first kappa shape index (κ1) is 10.1.